The summed E-state index contributed by atoms with van der Waals surface area (Å²) in [5.74, 6) is -0.595. The summed E-state index contributed by atoms with van der Waals surface area (Å²) in [4.78, 5) is 13.6. The Morgan fingerprint density at radius 2 is 1.95 bits per heavy atom. The first-order chi connectivity index (χ1) is 9.00. The zero-order valence-corrected chi connectivity index (χ0v) is 10.9. The first kappa shape index (κ1) is 14.0. The van der Waals surface area contributed by atoms with E-state index in [-0.39, 0.29) is 18.3 Å². The molecule has 1 amide bonds. The highest BCUT2D eigenvalue weighted by atomic mass is 19.1. The van der Waals surface area contributed by atoms with Crippen molar-refractivity contribution in [2.24, 2.45) is 0 Å². The van der Waals surface area contributed by atoms with Gasteiger partial charge in [0.2, 0.25) is 0 Å². The molecule has 0 aliphatic carbocycles. The molecule has 0 atom stereocenters. The molecular weight excluding hydrogens is 249 g/mol. The molecule has 4 nitrogen and oxygen atoms in total. The summed E-state index contributed by atoms with van der Waals surface area (Å²) < 4.78 is 18.0. The summed E-state index contributed by atoms with van der Waals surface area (Å²) in [6.45, 7) is 1.27. The van der Waals surface area contributed by atoms with Crippen molar-refractivity contribution in [1.29, 1.82) is 0 Å². The molecule has 1 heterocycles. The number of carbonyl (C=O) groups is 1. The smallest absolute Gasteiger partial charge is 0.253 e. The molecule has 0 aromatic heterocycles. The van der Waals surface area contributed by atoms with Gasteiger partial charge in [-0.3, -0.25) is 4.79 Å². The summed E-state index contributed by atoms with van der Waals surface area (Å²) in [5.41, 5.74) is -0.470. The summed E-state index contributed by atoms with van der Waals surface area (Å²) in [5, 5.41) is 10.3. The van der Waals surface area contributed by atoms with Gasteiger partial charge in [0.05, 0.1) is 5.60 Å². The quantitative estimate of drug-likeness (QED) is 0.901. The van der Waals surface area contributed by atoms with Gasteiger partial charge in [0, 0.05) is 45.2 Å². The van der Waals surface area contributed by atoms with Crippen LogP contribution in [-0.2, 0) is 4.74 Å². The highest BCUT2D eigenvalue weighted by Gasteiger charge is 2.32. The van der Waals surface area contributed by atoms with Crippen LogP contribution in [0.3, 0.4) is 0 Å². The molecule has 5 heteroatoms. The summed E-state index contributed by atoms with van der Waals surface area (Å²) in [6, 6.07) is 5.40. The summed E-state index contributed by atoms with van der Waals surface area (Å²) in [6.07, 6.45) is 1.04. The van der Waals surface area contributed by atoms with Crippen molar-refractivity contribution in [1.82, 2.24) is 4.90 Å². The summed E-state index contributed by atoms with van der Waals surface area (Å²) in [7, 11) is 1.64. The number of aliphatic hydroxyl groups is 1. The number of rotatable bonds is 3. The molecule has 1 saturated heterocycles. The molecule has 0 unspecified atom stereocenters. The normalized spacial score (nSPS) is 18.1. The SMILES string of the molecule is CN(CC1(O)CCOCC1)C(=O)c1ccc(F)cc1. The molecule has 1 aromatic rings. The Hall–Kier alpha value is -1.46. The molecule has 19 heavy (non-hydrogen) atoms. The van der Waals surface area contributed by atoms with Crippen molar-refractivity contribution in [3.8, 4) is 0 Å². The van der Waals surface area contributed by atoms with E-state index in [0.29, 0.717) is 31.6 Å². The van der Waals surface area contributed by atoms with Gasteiger partial charge in [-0.1, -0.05) is 0 Å². The van der Waals surface area contributed by atoms with Crippen LogP contribution >= 0.6 is 0 Å². The van der Waals surface area contributed by atoms with Crippen LogP contribution in [0.1, 0.15) is 23.2 Å². The van der Waals surface area contributed by atoms with Crippen molar-refractivity contribution in [2.75, 3.05) is 26.8 Å². The van der Waals surface area contributed by atoms with Gasteiger partial charge < -0.3 is 14.7 Å². The fourth-order valence-electron chi connectivity index (χ4n) is 2.24. The van der Waals surface area contributed by atoms with Crippen molar-refractivity contribution in [3.63, 3.8) is 0 Å². The lowest BCUT2D eigenvalue weighted by atomic mass is 9.94. The number of nitrogens with zero attached hydrogens (tertiary/aromatic N) is 1. The van der Waals surface area contributed by atoms with Gasteiger partial charge >= 0.3 is 0 Å². The van der Waals surface area contributed by atoms with Crippen LogP contribution in [0.4, 0.5) is 4.39 Å². The second-order valence-corrected chi connectivity index (χ2v) is 5.00. The van der Waals surface area contributed by atoms with Crippen LogP contribution in [-0.4, -0.2) is 48.3 Å². The maximum absolute atomic E-state index is 12.8. The van der Waals surface area contributed by atoms with Gasteiger partial charge in [0.15, 0.2) is 0 Å². The summed E-state index contributed by atoms with van der Waals surface area (Å²) >= 11 is 0. The topological polar surface area (TPSA) is 49.8 Å². The van der Waals surface area contributed by atoms with E-state index in [9.17, 15) is 14.3 Å². The molecule has 1 aliphatic heterocycles. The second-order valence-electron chi connectivity index (χ2n) is 5.00. The Morgan fingerprint density at radius 1 is 1.37 bits per heavy atom. The largest absolute Gasteiger partial charge is 0.388 e. The van der Waals surface area contributed by atoms with E-state index in [4.69, 9.17) is 4.74 Å². The molecular formula is C14H18FNO3. The third kappa shape index (κ3) is 3.52. The number of likely N-dealkylation sites (N-methyl/N-ethyl adjacent to an activating group) is 1. The third-order valence-corrected chi connectivity index (χ3v) is 3.39. The van der Waals surface area contributed by atoms with Crippen LogP contribution < -0.4 is 0 Å². The highest BCUT2D eigenvalue weighted by Crippen LogP contribution is 2.22. The molecule has 104 valence electrons. The fourth-order valence-corrected chi connectivity index (χ4v) is 2.24. The molecule has 0 radical (unpaired) electrons. The number of hydrogen-bond donors (Lipinski definition) is 1. The van der Waals surface area contributed by atoms with Crippen LogP contribution in [0.15, 0.2) is 24.3 Å². The Balaban J connectivity index is 2.00. The zero-order chi connectivity index (χ0) is 13.9. The standard InChI is InChI=1S/C14H18FNO3/c1-16(10-14(18)6-8-19-9-7-14)13(17)11-2-4-12(15)5-3-11/h2-5,18H,6-10H2,1H3. The Bertz CT molecular complexity index is 441. The van der Waals surface area contributed by atoms with Crippen molar-refractivity contribution in [2.45, 2.75) is 18.4 Å². The minimum absolute atomic E-state index is 0.222. The Kier molecular flexibility index (Phi) is 4.17. The average molecular weight is 267 g/mol. The maximum atomic E-state index is 12.8. The lowest BCUT2D eigenvalue weighted by molar-refractivity contribution is -0.0734. The predicted molar refractivity (Wildman–Crippen MR) is 68.4 cm³/mol. The molecule has 1 aliphatic rings. The minimum Gasteiger partial charge on any atom is -0.388 e. The number of carbonyl (C=O) groups excluding carboxylic acids is 1. The molecule has 1 N–H and O–H groups in total. The van der Waals surface area contributed by atoms with Gasteiger partial charge in [-0.25, -0.2) is 4.39 Å². The van der Waals surface area contributed by atoms with E-state index < -0.39 is 5.60 Å². The van der Waals surface area contributed by atoms with Crippen LogP contribution in [0, 0.1) is 5.82 Å². The second kappa shape index (κ2) is 5.67. The lowest BCUT2D eigenvalue weighted by Crippen LogP contribution is -2.47. The Morgan fingerprint density at radius 3 is 2.53 bits per heavy atom. The van der Waals surface area contributed by atoms with Gasteiger partial charge in [0.1, 0.15) is 5.82 Å². The number of hydrogen-bond acceptors (Lipinski definition) is 3. The van der Waals surface area contributed by atoms with Gasteiger partial charge in [-0.05, 0) is 24.3 Å². The van der Waals surface area contributed by atoms with Crippen LogP contribution in [0.25, 0.3) is 0 Å². The molecule has 0 saturated carbocycles. The van der Waals surface area contributed by atoms with E-state index >= 15 is 0 Å². The van der Waals surface area contributed by atoms with E-state index in [0.717, 1.165) is 0 Å². The lowest BCUT2D eigenvalue weighted by Gasteiger charge is -2.35. The van der Waals surface area contributed by atoms with E-state index in [1.165, 1.54) is 29.2 Å². The number of benzene rings is 1. The highest BCUT2D eigenvalue weighted by molar-refractivity contribution is 5.94. The van der Waals surface area contributed by atoms with E-state index in [1.54, 1.807) is 7.05 Å². The molecule has 1 aromatic carbocycles. The van der Waals surface area contributed by atoms with E-state index in [1.807, 2.05) is 0 Å². The molecule has 2 rings (SSSR count). The van der Waals surface area contributed by atoms with E-state index in [2.05, 4.69) is 0 Å². The number of amides is 1. The molecule has 1 fully saturated rings. The first-order valence-corrected chi connectivity index (χ1v) is 6.31. The molecule has 0 bridgehead atoms. The Labute approximate surface area is 111 Å². The molecule has 0 spiro atoms. The maximum Gasteiger partial charge on any atom is 0.253 e. The van der Waals surface area contributed by atoms with Gasteiger partial charge in [0.25, 0.3) is 5.91 Å². The van der Waals surface area contributed by atoms with Gasteiger partial charge in [-0.15, -0.1) is 0 Å². The number of ether oxygens (including phenoxy) is 1. The first-order valence-electron chi connectivity index (χ1n) is 6.31. The van der Waals surface area contributed by atoms with Crippen molar-refractivity contribution in [3.05, 3.63) is 35.6 Å². The van der Waals surface area contributed by atoms with Crippen molar-refractivity contribution < 1.29 is 19.0 Å². The predicted octanol–water partition coefficient (Wildman–Crippen LogP) is 1.44. The van der Waals surface area contributed by atoms with Crippen LogP contribution in [0.5, 0.6) is 0 Å². The third-order valence-electron chi connectivity index (χ3n) is 3.39. The fraction of sp³-hybridized carbons (Fsp3) is 0.500. The van der Waals surface area contributed by atoms with Crippen LogP contribution in [0.2, 0.25) is 0 Å². The van der Waals surface area contributed by atoms with Gasteiger partial charge in [-0.2, -0.15) is 0 Å². The van der Waals surface area contributed by atoms with Crippen molar-refractivity contribution >= 4 is 5.91 Å². The average Bonchev–Trinajstić information content (AvgIpc) is 2.39. The monoisotopic (exact) mass is 267 g/mol. The zero-order valence-electron chi connectivity index (χ0n) is 10.9. The minimum atomic E-state index is -0.886. The number of halogens is 1.